The quantitative estimate of drug-likeness (QED) is 0.578. The Morgan fingerprint density at radius 2 is 2.11 bits per heavy atom. The molecule has 0 aromatic rings. The predicted molar refractivity (Wildman–Crippen MR) is 66.2 cm³/mol. The van der Waals surface area contributed by atoms with Crippen LogP contribution in [-0.2, 0) is 14.4 Å². The number of aliphatic hydroxyl groups excluding tert-OH is 1. The normalized spacial score (nSPS) is 20.7. The largest absolute Gasteiger partial charge is 0.479 e. The molecule has 7 nitrogen and oxygen atoms in total. The average Bonchev–Trinajstić information content (AvgIpc) is 2.66. The van der Waals surface area contributed by atoms with Gasteiger partial charge in [-0.2, -0.15) is 0 Å². The Kier molecular flexibility index (Phi) is 5.29. The maximum atomic E-state index is 11.8. The lowest BCUT2D eigenvalue weighted by molar-refractivity contribution is -0.146. The molecule has 7 heteroatoms. The van der Waals surface area contributed by atoms with Gasteiger partial charge in [-0.1, -0.05) is 13.8 Å². The maximum Gasteiger partial charge on any atom is 0.334 e. The van der Waals surface area contributed by atoms with Gasteiger partial charge in [0.1, 0.15) is 0 Å². The summed E-state index contributed by atoms with van der Waals surface area (Å²) in [5.41, 5.74) is 0. The lowest BCUT2D eigenvalue weighted by Crippen LogP contribution is -2.40. The van der Waals surface area contributed by atoms with Crippen molar-refractivity contribution in [2.45, 2.75) is 26.4 Å². The molecule has 2 amide bonds. The lowest BCUT2D eigenvalue weighted by atomic mass is 10.1. The van der Waals surface area contributed by atoms with Crippen LogP contribution >= 0.6 is 0 Å². The number of nitrogens with zero attached hydrogens (tertiary/aromatic N) is 1. The molecule has 0 radical (unpaired) electrons. The predicted octanol–water partition coefficient (Wildman–Crippen LogP) is -0.947. The summed E-state index contributed by atoms with van der Waals surface area (Å²) in [6, 6.07) is 0. The van der Waals surface area contributed by atoms with E-state index in [2.05, 4.69) is 5.32 Å². The van der Waals surface area contributed by atoms with E-state index in [0.717, 1.165) is 0 Å². The van der Waals surface area contributed by atoms with Crippen molar-refractivity contribution < 1.29 is 24.6 Å². The highest BCUT2D eigenvalue weighted by Gasteiger charge is 2.34. The molecular formula is C12H20N2O5. The third-order valence-electron chi connectivity index (χ3n) is 2.93. The van der Waals surface area contributed by atoms with Gasteiger partial charge in [0.25, 0.3) is 0 Å². The maximum absolute atomic E-state index is 11.8. The van der Waals surface area contributed by atoms with Gasteiger partial charge in [0.05, 0.1) is 12.5 Å². The van der Waals surface area contributed by atoms with Gasteiger partial charge in [-0.25, -0.2) is 4.79 Å². The zero-order valence-electron chi connectivity index (χ0n) is 11.1. The van der Waals surface area contributed by atoms with E-state index >= 15 is 0 Å². The van der Waals surface area contributed by atoms with Crippen LogP contribution in [-0.4, -0.2) is 58.6 Å². The first-order chi connectivity index (χ1) is 8.81. The van der Waals surface area contributed by atoms with Gasteiger partial charge >= 0.3 is 5.97 Å². The number of carboxylic acid groups (broad SMARTS) is 1. The van der Waals surface area contributed by atoms with E-state index in [4.69, 9.17) is 10.2 Å². The molecule has 0 aliphatic carbocycles. The number of hydrogen-bond donors (Lipinski definition) is 3. The zero-order chi connectivity index (χ0) is 14.6. The van der Waals surface area contributed by atoms with Crippen molar-refractivity contribution >= 4 is 17.8 Å². The molecule has 0 spiro atoms. The lowest BCUT2D eigenvalue weighted by Gasteiger charge is -2.18. The Morgan fingerprint density at radius 1 is 1.47 bits per heavy atom. The third-order valence-corrected chi connectivity index (χ3v) is 2.93. The fraction of sp³-hybridized carbons (Fsp3) is 0.750. The Labute approximate surface area is 111 Å². The van der Waals surface area contributed by atoms with Gasteiger partial charge in [0.2, 0.25) is 11.8 Å². The molecule has 1 rings (SSSR count). The summed E-state index contributed by atoms with van der Waals surface area (Å²) in [6.07, 6.45) is -1.48. The standard InChI is InChI=1S/C12H20N2O5/c1-7(2)5-14-6-8(3-10(14)16)11(17)13-4-9(15)12(18)19/h7-9,15H,3-6H2,1-2H3,(H,13,17)(H,18,19). The second-order valence-corrected chi connectivity index (χ2v) is 5.19. The van der Waals surface area contributed by atoms with Crippen molar-refractivity contribution in [2.75, 3.05) is 19.6 Å². The molecule has 2 atom stereocenters. The van der Waals surface area contributed by atoms with Crippen LogP contribution in [0.4, 0.5) is 0 Å². The summed E-state index contributed by atoms with van der Waals surface area (Å²) in [4.78, 5) is 35.5. The summed E-state index contributed by atoms with van der Waals surface area (Å²) in [6.45, 7) is 4.60. The van der Waals surface area contributed by atoms with Crippen molar-refractivity contribution in [2.24, 2.45) is 11.8 Å². The molecule has 0 aromatic carbocycles. The second kappa shape index (κ2) is 6.51. The summed E-state index contributed by atoms with van der Waals surface area (Å²) in [7, 11) is 0. The van der Waals surface area contributed by atoms with E-state index in [0.29, 0.717) is 19.0 Å². The van der Waals surface area contributed by atoms with Crippen LogP contribution in [0.2, 0.25) is 0 Å². The van der Waals surface area contributed by atoms with Gasteiger partial charge in [-0.15, -0.1) is 0 Å². The number of carboxylic acids is 1. The highest BCUT2D eigenvalue weighted by Crippen LogP contribution is 2.19. The minimum absolute atomic E-state index is 0.0624. The number of nitrogens with one attached hydrogen (secondary N) is 1. The Bertz CT molecular complexity index is 369. The fourth-order valence-electron chi connectivity index (χ4n) is 1.99. The van der Waals surface area contributed by atoms with E-state index in [-0.39, 0.29) is 24.8 Å². The number of aliphatic carboxylic acids is 1. The first-order valence-electron chi connectivity index (χ1n) is 6.27. The Balaban J connectivity index is 2.43. The van der Waals surface area contributed by atoms with Crippen LogP contribution in [0.5, 0.6) is 0 Å². The third kappa shape index (κ3) is 4.51. The van der Waals surface area contributed by atoms with E-state index in [1.54, 1.807) is 4.90 Å². The molecule has 1 saturated heterocycles. The van der Waals surface area contributed by atoms with Gasteiger partial charge < -0.3 is 20.4 Å². The van der Waals surface area contributed by atoms with Gasteiger partial charge in [0, 0.05) is 19.5 Å². The van der Waals surface area contributed by atoms with Crippen molar-refractivity contribution in [1.29, 1.82) is 0 Å². The van der Waals surface area contributed by atoms with Crippen molar-refractivity contribution in [3.8, 4) is 0 Å². The minimum Gasteiger partial charge on any atom is -0.479 e. The number of carbonyl (C=O) groups is 3. The van der Waals surface area contributed by atoms with E-state index in [1.807, 2.05) is 13.8 Å². The summed E-state index contributed by atoms with van der Waals surface area (Å²) >= 11 is 0. The average molecular weight is 272 g/mol. The Hall–Kier alpha value is -1.63. The van der Waals surface area contributed by atoms with E-state index in [9.17, 15) is 14.4 Å². The number of amides is 2. The Morgan fingerprint density at radius 3 is 2.63 bits per heavy atom. The minimum atomic E-state index is -1.62. The van der Waals surface area contributed by atoms with Gasteiger partial charge in [-0.3, -0.25) is 9.59 Å². The zero-order valence-corrected chi connectivity index (χ0v) is 11.1. The van der Waals surface area contributed by atoms with Crippen LogP contribution in [0.3, 0.4) is 0 Å². The fourth-order valence-corrected chi connectivity index (χ4v) is 1.99. The smallest absolute Gasteiger partial charge is 0.334 e. The van der Waals surface area contributed by atoms with Gasteiger partial charge in [0.15, 0.2) is 6.10 Å². The molecule has 1 aliphatic heterocycles. The summed E-state index contributed by atoms with van der Waals surface area (Å²) < 4.78 is 0. The number of aliphatic hydroxyl groups is 1. The molecule has 0 saturated carbocycles. The molecule has 3 N–H and O–H groups in total. The molecule has 1 heterocycles. The molecule has 2 unspecified atom stereocenters. The van der Waals surface area contributed by atoms with Crippen LogP contribution in [0.15, 0.2) is 0 Å². The van der Waals surface area contributed by atoms with Crippen molar-refractivity contribution in [1.82, 2.24) is 10.2 Å². The molecule has 1 fully saturated rings. The number of likely N-dealkylation sites (tertiary alicyclic amines) is 1. The first-order valence-corrected chi connectivity index (χ1v) is 6.27. The first kappa shape index (κ1) is 15.4. The van der Waals surface area contributed by atoms with Crippen molar-refractivity contribution in [3.05, 3.63) is 0 Å². The number of carbonyl (C=O) groups excluding carboxylic acids is 2. The topological polar surface area (TPSA) is 107 Å². The van der Waals surface area contributed by atoms with Crippen LogP contribution < -0.4 is 5.32 Å². The second-order valence-electron chi connectivity index (χ2n) is 5.19. The van der Waals surface area contributed by atoms with Crippen LogP contribution in [0, 0.1) is 11.8 Å². The summed E-state index contributed by atoms with van der Waals surface area (Å²) in [5, 5.41) is 19.9. The molecule has 0 bridgehead atoms. The van der Waals surface area contributed by atoms with E-state index in [1.165, 1.54) is 0 Å². The number of rotatable bonds is 6. The number of hydrogen-bond acceptors (Lipinski definition) is 4. The van der Waals surface area contributed by atoms with Crippen LogP contribution in [0.25, 0.3) is 0 Å². The SMILES string of the molecule is CC(C)CN1CC(C(=O)NCC(O)C(=O)O)CC1=O. The monoisotopic (exact) mass is 272 g/mol. The highest BCUT2D eigenvalue weighted by atomic mass is 16.4. The molecule has 19 heavy (non-hydrogen) atoms. The summed E-state index contributed by atoms with van der Waals surface area (Å²) in [5.74, 6) is -1.97. The van der Waals surface area contributed by atoms with Crippen molar-refractivity contribution in [3.63, 3.8) is 0 Å². The van der Waals surface area contributed by atoms with Crippen LogP contribution in [0.1, 0.15) is 20.3 Å². The molecule has 0 aromatic heterocycles. The highest BCUT2D eigenvalue weighted by molar-refractivity contribution is 5.89. The van der Waals surface area contributed by atoms with Gasteiger partial charge in [-0.05, 0) is 5.92 Å². The van der Waals surface area contributed by atoms with E-state index < -0.39 is 18.0 Å². The molecule has 1 aliphatic rings. The molecular weight excluding hydrogens is 252 g/mol. The molecule has 108 valence electrons.